The third-order valence-corrected chi connectivity index (χ3v) is 6.15. The van der Waals surface area contributed by atoms with E-state index in [0.717, 1.165) is 5.56 Å². The van der Waals surface area contributed by atoms with Crippen molar-refractivity contribution in [1.82, 2.24) is 0 Å². The summed E-state index contributed by atoms with van der Waals surface area (Å²) in [7, 11) is 1.54. The van der Waals surface area contributed by atoms with Crippen molar-refractivity contribution in [3.05, 3.63) is 45.3 Å². The monoisotopic (exact) mass is 503 g/mol. The van der Waals surface area contributed by atoms with E-state index in [-0.39, 0.29) is 19.3 Å². The smallest absolute Gasteiger partial charge is 0.270 e. The number of thioether (sulfide) groups is 1. The van der Waals surface area contributed by atoms with Gasteiger partial charge in [0.05, 0.1) is 22.2 Å². The molecule has 2 aliphatic heterocycles. The zero-order chi connectivity index (χ0) is 21.3. The van der Waals surface area contributed by atoms with Gasteiger partial charge < -0.3 is 18.9 Å². The number of methoxy groups -OCH3 is 1. The fourth-order valence-corrected chi connectivity index (χ4v) is 4.82. The third-order valence-electron chi connectivity index (χ3n) is 4.26. The molecule has 1 fully saturated rings. The van der Waals surface area contributed by atoms with Crippen LogP contribution in [0.2, 0.25) is 0 Å². The molecular weight excluding hydrogens is 490 g/mol. The summed E-state index contributed by atoms with van der Waals surface area (Å²) in [6, 6.07) is 8.87. The molecule has 6 nitrogen and oxygen atoms in total. The number of hydrogen-bond acceptors (Lipinski definition) is 7. The number of hydrogen-bond donors (Lipinski definition) is 0. The molecule has 2 heterocycles. The topological polar surface area (TPSA) is 57.2 Å². The van der Waals surface area contributed by atoms with E-state index >= 15 is 0 Å². The second kappa shape index (κ2) is 8.60. The lowest BCUT2D eigenvalue weighted by molar-refractivity contribution is -0.113. The summed E-state index contributed by atoms with van der Waals surface area (Å²) in [5.74, 6) is 4.43. The van der Waals surface area contributed by atoms with E-state index in [4.69, 9.17) is 37.6 Å². The van der Waals surface area contributed by atoms with Crippen molar-refractivity contribution in [2.24, 2.45) is 0 Å². The molecule has 0 radical (unpaired) electrons. The highest BCUT2D eigenvalue weighted by molar-refractivity contribution is 9.10. The minimum Gasteiger partial charge on any atom is -0.493 e. The first-order valence-corrected chi connectivity index (χ1v) is 10.6. The Kier molecular flexibility index (Phi) is 5.90. The van der Waals surface area contributed by atoms with Crippen molar-refractivity contribution in [1.29, 1.82) is 0 Å². The number of thiocarbonyl (C=S) groups is 1. The van der Waals surface area contributed by atoms with Crippen molar-refractivity contribution in [2.75, 3.05) is 25.4 Å². The van der Waals surface area contributed by atoms with E-state index < -0.39 is 0 Å². The molecule has 0 bridgehead atoms. The van der Waals surface area contributed by atoms with Crippen molar-refractivity contribution in [2.45, 2.75) is 0 Å². The van der Waals surface area contributed by atoms with Crippen LogP contribution in [0.4, 0.5) is 5.69 Å². The molecule has 0 spiro atoms. The molecule has 0 unspecified atom stereocenters. The van der Waals surface area contributed by atoms with Gasteiger partial charge in [-0.15, -0.1) is 6.42 Å². The third kappa shape index (κ3) is 3.86. The van der Waals surface area contributed by atoms with E-state index in [1.54, 1.807) is 30.3 Å². The maximum absolute atomic E-state index is 13.1. The fraction of sp³-hybridized carbons (Fsp3) is 0.143. The maximum atomic E-state index is 13.1. The number of ether oxygens (including phenoxy) is 4. The molecule has 0 atom stereocenters. The summed E-state index contributed by atoms with van der Waals surface area (Å²) >= 11 is 10.1. The molecular formula is C21H14BrNO5S2. The highest BCUT2D eigenvalue weighted by Gasteiger charge is 2.34. The molecule has 30 heavy (non-hydrogen) atoms. The van der Waals surface area contributed by atoms with Gasteiger partial charge in [0.1, 0.15) is 6.61 Å². The van der Waals surface area contributed by atoms with Gasteiger partial charge in [-0.25, -0.2) is 0 Å². The molecule has 0 saturated carbocycles. The molecule has 1 saturated heterocycles. The largest absolute Gasteiger partial charge is 0.493 e. The number of terminal acetylenes is 1. The van der Waals surface area contributed by atoms with Crippen LogP contribution in [0.15, 0.2) is 39.7 Å². The number of carbonyl (C=O) groups is 1. The quantitative estimate of drug-likeness (QED) is 0.335. The van der Waals surface area contributed by atoms with Crippen LogP contribution in [0.25, 0.3) is 6.08 Å². The maximum Gasteiger partial charge on any atom is 0.270 e. The van der Waals surface area contributed by atoms with E-state index in [0.29, 0.717) is 42.4 Å². The van der Waals surface area contributed by atoms with Crippen molar-refractivity contribution in [3.8, 4) is 35.3 Å². The summed E-state index contributed by atoms with van der Waals surface area (Å²) in [6.07, 6.45) is 7.02. The first-order chi connectivity index (χ1) is 14.5. The number of rotatable bonds is 5. The van der Waals surface area contributed by atoms with E-state index in [1.807, 2.05) is 6.07 Å². The molecule has 0 aromatic heterocycles. The van der Waals surface area contributed by atoms with Crippen molar-refractivity contribution < 1.29 is 23.7 Å². The lowest BCUT2D eigenvalue weighted by Gasteiger charge is -2.15. The SMILES string of the molecule is C#CCOc1c(Br)cc(/C=C2\SC(=S)N(c3ccc4c(c3)OCO4)C2=O)cc1OC. The average molecular weight is 504 g/mol. The van der Waals surface area contributed by atoms with E-state index in [9.17, 15) is 4.79 Å². The van der Waals surface area contributed by atoms with Crippen LogP contribution in [0.5, 0.6) is 23.0 Å². The molecule has 2 aromatic rings. The van der Waals surface area contributed by atoms with Gasteiger partial charge in [-0.2, -0.15) is 0 Å². The summed E-state index contributed by atoms with van der Waals surface area (Å²) in [5, 5.41) is 0. The van der Waals surface area contributed by atoms with Crippen LogP contribution in [-0.2, 0) is 4.79 Å². The van der Waals surface area contributed by atoms with Gasteiger partial charge >= 0.3 is 0 Å². The second-order valence-corrected chi connectivity index (χ2v) is 8.61. The van der Waals surface area contributed by atoms with Crippen LogP contribution in [-0.4, -0.2) is 30.7 Å². The Morgan fingerprint density at radius 2 is 2.13 bits per heavy atom. The Hall–Kier alpha value is -2.67. The van der Waals surface area contributed by atoms with Crippen LogP contribution in [0.1, 0.15) is 5.56 Å². The Morgan fingerprint density at radius 1 is 1.33 bits per heavy atom. The predicted octanol–water partition coefficient (Wildman–Crippen LogP) is 4.60. The van der Waals surface area contributed by atoms with Crippen molar-refractivity contribution in [3.63, 3.8) is 0 Å². The van der Waals surface area contributed by atoms with Gasteiger partial charge in [-0.05, 0) is 51.8 Å². The number of anilines is 1. The summed E-state index contributed by atoms with van der Waals surface area (Å²) in [4.78, 5) is 15.0. The Balaban J connectivity index is 1.64. The molecule has 152 valence electrons. The van der Waals surface area contributed by atoms with Gasteiger partial charge in [-0.1, -0.05) is 29.9 Å². The lowest BCUT2D eigenvalue weighted by atomic mass is 10.1. The molecule has 0 N–H and O–H groups in total. The van der Waals surface area contributed by atoms with E-state index in [1.165, 1.54) is 23.8 Å². The first kappa shape index (κ1) is 20.6. The fourth-order valence-electron chi connectivity index (χ4n) is 2.94. The number of fused-ring (bicyclic) bond motifs is 1. The first-order valence-electron chi connectivity index (χ1n) is 8.63. The van der Waals surface area contributed by atoms with Crippen molar-refractivity contribution >= 4 is 61.9 Å². The van der Waals surface area contributed by atoms with Gasteiger partial charge in [0.2, 0.25) is 6.79 Å². The summed E-state index contributed by atoms with van der Waals surface area (Å²) in [6.45, 7) is 0.275. The summed E-state index contributed by atoms with van der Waals surface area (Å²) < 4.78 is 22.8. The Labute approximate surface area is 191 Å². The minimum atomic E-state index is -0.216. The molecule has 4 rings (SSSR count). The molecule has 2 aromatic carbocycles. The van der Waals surface area contributed by atoms with Crippen LogP contribution < -0.4 is 23.8 Å². The van der Waals surface area contributed by atoms with Crippen LogP contribution in [0, 0.1) is 12.3 Å². The average Bonchev–Trinajstić information content (AvgIpc) is 3.30. The highest BCUT2D eigenvalue weighted by atomic mass is 79.9. The van der Waals surface area contributed by atoms with Crippen LogP contribution in [0.3, 0.4) is 0 Å². The number of benzene rings is 2. The minimum absolute atomic E-state index is 0.114. The number of nitrogens with zero attached hydrogens (tertiary/aromatic N) is 1. The predicted molar refractivity (Wildman–Crippen MR) is 123 cm³/mol. The number of carbonyl (C=O) groups excluding carboxylic acids is 1. The molecule has 9 heteroatoms. The highest BCUT2D eigenvalue weighted by Crippen LogP contribution is 2.42. The standard InChI is InChI=1S/C21H14BrNO5S2/c1-3-6-26-19-14(22)7-12(8-17(19)25-2)9-18-20(24)23(21(29)30-18)13-4-5-15-16(10-13)28-11-27-15/h1,4-5,7-10H,6,11H2,2H3/b18-9-. The van der Waals surface area contributed by atoms with Crippen LogP contribution >= 0.6 is 39.9 Å². The normalized spacial score (nSPS) is 16.2. The van der Waals surface area contributed by atoms with Gasteiger partial charge in [-0.3, -0.25) is 9.69 Å². The second-order valence-electron chi connectivity index (χ2n) is 6.08. The van der Waals surface area contributed by atoms with Gasteiger partial charge in [0, 0.05) is 6.07 Å². The number of halogens is 1. The molecule has 2 aliphatic rings. The number of amides is 1. The van der Waals surface area contributed by atoms with Gasteiger partial charge in [0.25, 0.3) is 5.91 Å². The molecule has 0 aliphatic carbocycles. The van der Waals surface area contributed by atoms with Gasteiger partial charge in [0.15, 0.2) is 27.3 Å². The zero-order valence-corrected chi connectivity index (χ0v) is 18.9. The Bertz CT molecular complexity index is 1130. The zero-order valence-electron chi connectivity index (χ0n) is 15.6. The summed E-state index contributed by atoms with van der Waals surface area (Å²) in [5.41, 5.74) is 1.37. The Morgan fingerprint density at radius 3 is 2.90 bits per heavy atom. The molecule has 1 amide bonds. The van der Waals surface area contributed by atoms with E-state index in [2.05, 4.69) is 21.9 Å². The lowest BCUT2D eigenvalue weighted by Crippen LogP contribution is -2.27.